The normalized spacial score (nSPS) is 10.9. The smallest absolute Gasteiger partial charge is 0.292 e. The van der Waals surface area contributed by atoms with Gasteiger partial charge in [-0.2, -0.15) is 0 Å². The molecular formula is C23H26N2O2. The molecule has 0 saturated carbocycles. The van der Waals surface area contributed by atoms with Crippen LogP contribution in [0.4, 0.5) is 5.82 Å². The summed E-state index contributed by atoms with van der Waals surface area (Å²) in [6.07, 6.45) is 0.676. The summed E-state index contributed by atoms with van der Waals surface area (Å²) in [5.74, 6) is 1.31. The summed E-state index contributed by atoms with van der Waals surface area (Å²) in [4.78, 5) is 16.7. The number of pyridine rings is 1. The summed E-state index contributed by atoms with van der Waals surface area (Å²) < 4.78 is 5.83. The standard InChI is InChI=1S/C23H26N2O2/c1-13-8-7-9-22(24-13)25-23(26)21-11-10-19(27-21)12-20-17(5)15(3)14(2)16(4)18(20)6/h7-11H,12H2,1-6H3,(H,24,25,26). The Balaban J connectivity index is 1.82. The van der Waals surface area contributed by atoms with Gasteiger partial charge in [0.25, 0.3) is 5.91 Å². The SMILES string of the molecule is Cc1cccc(NC(=O)c2ccc(Cc3c(C)c(C)c(C)c(C)c3C)o2)n1. The van der Waals surface area contributed by atoms with E-state index < -0.39 is 0 Å². The number of aryl methyl sites for hydroxylation is 1. The summed E-state index contributed by atoms with van der Waals surface area (Å²) in [6.45, 7) is 12.7. The van der Waals surface area contributed by atoms with E-state index in [4.69, 9.17) is 4.42 Å². The molecule has 0 aliphatic heterocycles. The number of hydrogen-bond donors (Lipinski definition) is 1. The number of furan rings is 1. The lowest BCUT2D eigenvalue weighted by Gasteiger charge is -2.18. The van der Waals surface area contributed by atoms with E-state index in [1.54, 1.807) is 12.1 Å². The van der Waals surface area contributed by atoms with Crippen molar-refractivity contribution in [3.8, 4) is 0 Å². The van der Waals surface area contributed by atoms with Crippen LogP contribution in [0.3, 0.4) is 0 Å². The average Bonchev–Trinajstić information content (AvgIpc) is 3.11. The van der Waals surface area contributed by atoms with Gasteiger partial charge in [-0.15, -0.1) is 0 Å². The maximum atomic E-state index is 12.4. The maximum absolute atomic E-state index is 12.4. The fraction of sp³-hybridized carbons (Fsp3) is 0.304. The van der Waals surface area contributed by atoms with Crippen LogP contribution < -0.4 is 5.32 Å². The minimum absolute atomic E-state index is 0.288. The molecule has 0 aliphatic carbocycles. The lowest BCUT2D eigenvalue weighted by atomic mass is 9.88. The number of anilines is 1. The van der Waals surface area contributed by atoms with Crippen LogP contribution in [0.1, 0.15) is 55.4 Å². The number of aromatic nitrogens is 1. The molecule has 1 aromatic carbocycles. The monoisotopic (exact) mass is 362 g/mol. The molecular weight excluding hydrogens is 336 g/mol. The van der Waals surface area contributed by atoms with Gasteiger partial charge in [0.05, 0.1) is 0 Å². The molecule has 1 amide bonds. The minimum Gasteiger partial charge on any atom is -0.456 e. The number of benzene rings is 1. The zero-order valence-corrected chi connectivity index (χ0v) is 16.9. The third kappa shape index (κ3) is 3.80. The molecule has 27 heavy (non-hydrogen) atoms. The van der Waals surface area contributed by atoms with Crippen molar-refractivity contribution in [2.45, 2.75) is 48.0 Å². The number of carbonyl (C=O) groups excluding carboxylic acids is 1. The highest BCUT2D eigenvalue weighted by molar-refractivity contribution is 6.01. The highest BCUT2D eigenvalue weighted by Gasteiger charge is 2.16. The summed E-state index contributed by atoms with van der Waals surface area (Å²) in [5, 5.41) is 2.78. The Kier molecular flexibility index (Phi) is 5.17. The maximum Gasteiger partial charge on any atom is 0.292 e. The Bertz CT molecular complexity index is 986. The molecule has 0 fully saturated rings. The number of carbonyl (C=O) groups is 1. The Hall–Kier alpha value is -2.88. The first-order valence-electron chi connectivity index (χ1n) is 9.17. The number of rotatable bonds is 4. The van der Waals surface area contributed by atoms with Gasteiger partial charge in [0, 0.05) is 12.1 Å². The van der Waals surface area contributed by atoms with Gasteiger partial charge in [-0.1, -0.05) is 6.07 Å². The fourth-order valence-corrected chi connectivity index (χ4v) is 3.40. The predicted molar refractivity (Wildman–Crippen MR) is 109 cm³/mol. The second kappa shape index (κ2) is 7.39. The van der Waals surface area contributed by atoms with Crippen molar-refractivity contribution in [3.05, 3.63) is 80.9 Å². The van der Waals surface area contributed by atoms with Crippen LogP contribution in [0, 0.1) is 41.5 Å². The van der Waals surface area contributed by atoms with Crippen LogP contribution in [0.2, 0.25) is 0 Å². The third-order valence-electron chi connectivity index (χ3n) is 5.52. The van der Waals surface area contributed by atoms with Gasteiger partial charge in [-0.3, -0.25) is 4.79 Å². The first-order chi connectivity index (χ1) is 12.8. The minimum atomic E-state index is -0.288. The first kappa shape index (κ1) is 18.9. The van der Waals surface area contributed by atoms with Gasteiger partial charge in [0.15, 0.2) is 5.76 Å². The number of nitrogens with zero attached hydrogens (tertiary/aromatic N) is 1. The molecule has 0 radical (unpaired) electrons. The van der Waals surface area contributed by atoms with Crippen molar-refractivity contribution in [1.82, 2.24) is 4.98 Å². The van der Waals surface area contributed by atoms with E-state index in [0.29, 0.717) is 18.0 Å². The predicted octanol–water partition coefficient (Wildman–Crippen LogP) is 5.37. The van der Waals surface area contributed by atoms with E-state index >= 15 is 0 Å². The molecule has 0 atom stereocenters. The Morgan fingerprint density at radius 3 is 2.15 bits per heavy atom. The van der Waals surface area contributed by atoms with E-state index in [0.717, 1.165) is 11.5 Å². The largest absolute Gasteiger partial charge is 0.456 e. The lowest BCUT2D eigenvalue weighted by Crippen LogP contribution is -2.12. The van der Waals surface area contributed by atoms with Crippen LogP contribution >= 0.6 is 0 Å². The zero-order chi connectivity index (χ0) is 19.7. The summed E-state index contributed by atoms with van der Waals surface area (Å²) in [5.41, 5.74) is 8.70. The molecule has 0 saturated heterocycles. The van der Waals surface area contributed by atoms with E-state index in [1.165, 1.54) is 33.4 Å². The van der Waals surface area contributed by atoms with Gasteiger partial charge in [0.1, 0.15) is 11.6 Å². The molecule has 140 valence electrons. The topological polar surface area (TPSA) is 55.1 Å². The second-order valence-electron chi connectivity index (χ2n) is 7.16. The molecule has 4 nitrogen and oxygen atoms in total. The number of hydrogen-bond acceptors (Lipinski definition) is 3. The van der Waals surface area contributed by atoms with Crippen LogP contribution in [-0.4, -0.2) is 10.9 Å². The van der Waals surface area contributed by atoms with Crippen molar-refractivity contribution in [3.63, 3.8) is 0 Å². The number of amides is 1. The van der Waals surface area contributed by atoms with E-state index in [2.05, 4.69) is 44.9 Å². The molecule has 0 unspecified atom stereocenters. The van der Waals surface area contributed by atoms with Crippen molar-refractivity contribution in [2.24, 2.45) is 0 Å². The first-order valence-corrected chi connectivity index (χ1v) is 9.17. The van der Waals surface area contributed by atoms with Crippen molar-refractivity contribution in [1.29, 1.82) is 0 Å². The Morgan fingerprint density at radius 2 is 1.52 bits per heavy atom. The van der Waals surface area contributed by atoms with Crippen molar-refractivity contribution >= 4 is 11.7 Å². The zero-order valence-electron chi connectivity index (χ0n) is 16.9. The molecule has 3 aromatic rings. The molecule has 0 aliphatic rings. The third-order valence-corrected chi connectivity index (χ3v) is 5.52. The molecule has 3 rings (SSSR count). The molecule has 1 N–H and O–H groups in total. The van der Waals surface area contributed by atoms with Crippen LogP contribution in [0.15, 0.2) is 34.7 Å². The highest BCUT2D eigenvalue weighted by atomic mass is 16.3. The highest BCUT2D eigenvalue weighted by Crippen LogP contribution is 2.28. The Labute approximate surface area is 160 Å². The van der Waals surface area contributed by atoms with Crippen molar-refractivity contribution < 1.29 is 9.21 Å². The van der Waals surface area contributed by atoms with E-state index in [-0.39, 0.29) is 5.91 Å². The van der Waals surface area contributed by atoms with Crippen LogP contribution in [0.25, 0.3) is 0 Å². The summed E-state index contributed by atoms with van der Waals surface area (Å²) in [6, 6.07) is 9.11. The van der Waals surface area contributed by atoms with Gasteiger partial charge in [-0.05, 0) is 99.2 Å². The quantitative estimate of drug-likeness (QED) is 0.679. The molecule has 4 heteroatoms. The Morgan fingerprint density at radius 1 is 0.889 bits per heavy atom. The van der Waals surface area contributed by atoms with Crippen LogP contribution in [0.5, 0.6) is 0 Å². The molecule has 0 bridgehead atoms. The summed E-state index contributed by atoms with van der Waals surface area (Å²) >= 11 is 0. The lowest BCUT2D eigenvalue weighted by molar-refractivity contribution is 0.0994. The molecule has 2 heterocycles. The van der Waals surface area contributed by atoms with Gasteiger partial charge in [0.2, 0.25) is 0 Å². The average molecular weight is 362 g/mol. The van der Waals surface area contributed by atoms with Gasteiger partial charge < -0.3 is 9.73 Å². The van der Waals surface area contributed by atoms with Crippen molar-refractivity contribution in [2.75, 3.05) is 5.32 Å². The van der Waals surface area contributed by atoms with Crippen LogP contribution in [-0.2, 0) is 6.42 Å². The van der Waals surface area contributed by atoms with Gasteiger partial charge in [-0.25, -0.2) is 4.98 Å². The second-order valence-corrected chi connectivity index (χ2v) is 7.16. The van der Waals surface area contributed by atoms with E-state index in [1.807, 2.05) is 25.1 Å². The van der Waals surface area contributed by atoms with Gasteiger partial charge >= 0.3 is 0 Å². The molecule has 2 aromatic heterocycles. The fourth-order valence-electron chi connectivity index (χ4n) is 3.40. The number of nitrogens with one attached hydrogen (secondary N) is 1. The molecule has 0 spiro atoms. The van der Waals surface area contributed by atoms with E-state index in [9.17, 15) is 4.79 Å². The summed E-state index contributed by atoms with van der Waals surface area (Å²) in [7, 11) is 0.